The highest BCUT2D eigenvalue weighted by molar-refractivity contribution is 9.11. The molecule has 0 heterocycles. The van der Waals surface area contributed by atoms with Crippen LogP contribution >= 0.6 is 31.9 Å². The average molecular weight is 415 g/mol. The molecule has 2 aromatic rings. The van der Waals surface area contributed by atoms with Gasteiger partial charge in [-0.15, -0.1) is 0 Å². The van der Waals surface area contributed by atoms with Crippen LogP contribution in [0.5, 0.6) is 0 Å². The Morgan fingerprint density at radius 2 is 1.90 bits per heavy atom. The van der Waals surface area contributed by atoms with Crippen molar-refractivity contribution in [1.82, 2.24) is 5.32 Å². The summed E-state index contributed by atoms with van der Waals surface area (Å²) in [5.41, 5.74) is 3.37. The van der Waals surface area contributed by atoms with E-state index in [0.717, 1.165) is 33.0 Å². The van der Waals surface area contributed by atoms with Crippen LogP contribution in [0.1, 0.15) is 29.7 Å². The average Bonchev–Trinajstić information content (AvgIpc) is 2.41. The number of hydrogen-bond acceptors (Lipinski definition) is 1. The minimum absolute atomic E-state index is 0.180. The minimum Gasteiger partial charge on any atom is -0.310 e. The third kappa shape index (κ3) is 4.38. The molecule has 0 saturated carbocycles. The van der Waals surface area contributed by atoms with Gasteiger partial charge < -0.3 is 5.32 Å². The summed E-state index contributed by atoms with van der Waals surface area (Å²) in [4.78, 5) is 0. The Morgan fingerprint density at radius 3 is 2.52 bits per heavy atom. The molecule has 1 unspecified atom stereocenters. The first-order valence-electron chi connectivity index (χ1n) is 6.94. The molecule has 0 saturated heterocycles. The van der Waals surface area contributed by atoms with E-state index in [2.05, 4.69) is 56.2 Å². The quantitative estimate of drug-likeness (QED) is 0.675. The lowest BCUT2D eigenvalue weighted by molar-refractivity contribution is 0.545. The Morgan fingerprint density at radius 1 is 1.14 bits per heavy atom. The summed E-state index contributed by atoms with van der Waals surface area (Å²) in [7, 11) is 0. The monoisotopic (exact) mass is 413 g/mol. The number of aryl methyl sites for hydroxylation is 1. The molecule has 2 rings (SSSR count). The van der Waals surface area contributed by atoms with Gasteiger partial charge in [0.2, 0.25) is 0 Å². The third-order valence-electron chi connectivity index (χ3n) is 3.52. The zero-order valence-electron chi connectivity index (χ0n) is 12.1. The molecule has 1 nitrogen and oxygen atoms in total. The van der Waals surface area contributed by atoms with E-state index in [0.29, 0.717) is 0 Å². The molecule has 21 heavy (non-hydrogen) atoms. The van der Waals surface area contributed by atoms with Gasteiger partial charge in [0.05, 0.1) is 0 Å². The summed E-state index contributed by atoms with van der Waals surface area (Å²) in [6.45, 7) is 4.93. The van der Waals surface area contributed by atoms with Gasteiger partial charge in [-0.3, -0.25) is 0 Å². The highest BCUT2D eigenvalue weighted by Crippen LogP contribution is 2.29. The second kappa shape index (κ2) is 7.52. The molecule has 2 aromatic carbocycles. The zero-order chi connectivity index (χ0) is 15.4. The van der Waals surface area contributed by atoms with Crippen molar-refractivity contribution in [3.8, 4) is 0 Å². The Balaban J connectivity index is 2.30. The summed E-state index contributed by atoms with van der Waals surface area (Å²) in [5, 5.41) is 3.51. The van der Waals surface area contributed by atoms with Gasteiger partial charge >= 0.3 is 0 Å². The van der Waals surface area contributed by atoms with E-state index in [1.54, 1.807) is 6.07 Å². The van der Waals surface area contributed by atoms with E-state index in [1.807, 2.05) is 19.1 Å². The van der Waals surface area contributed by atoms with Crippen LogP contribution in [0.2, 0.25) is 0 Å². The van der Waals surface area contributed by atoms with Crippen LogP contribution in [0, 0.1) is 12.7 Å². The molecule has 1 atom stereocenters. The molecule has 112 valence electrons. The predicted octanol–water partition coefficient (Wildman–Crippen LogP) is 5.55. The fourth-order valence-corrected chi connectivity index (χ4v) is 3.75. The SMILES string of the molecule is CCNC(Cc1ccc(F)cc1C)c1ccc(Br)cc1Br. The van der Waals surface area contributed by atoms with Crippen LogP contribution in [0.15, 0.2) is 45.3 Å². The number of nitrogens with one attached hydrogen (secondary N) is 1. The molecule has 0 bridgehead atoms. The van der Waals surface area contributed by atoms with Gasteiger partial charge in [0, 0.05) is 15.0 Å². The molecule has 0 spiro atoms. The maximum Gasteiger partial charge on any atom is 0.123 e. The Hall–Kier alpha value is -0.710. The van der Waals surface area contributed by atoms with E-state index in [-0.39, 0.29) is 11.9 Å². The van der Waals surface area contributed by atoms with Crippen LogP contribution in [0.4, 0.5) is 4.39 Å². The maximum atomic E-state index is 13.2. The lowest BCUT2D eigenvalue weighted by atomic mass is 9.96. The molecule has 0 aliphatic heterocycles. The second-order valence-corrected chi connectivity index (χ2v) is 6.82. The van der Waals surface area contributed by atoms with Crippen molar-refractivity contribution in [3.05, 3.63) is 67.9 Å². The third-order valence-corrected chi connectivity index (χ3v) is 4.70. The summed E-state index contributed by atoms with van der Waals surface area (Å²) >= 11 is 7.11. The number of halogens is 3. The fraction of sp³-hybridized carbons (Fsp3) is 0.294. The molecule has 0 fully saturated rings. The number of benzene rings is 2. The Bertz CT molecular complexity index is 628. The van der Waals surface area contributed by atoms with Gasteiger partial charge in [0.25, 0.3) is 0 Å². The summed E-state index contributed by atoms with van der Waals surface area (Å²) in [6.07, 6.45) is 0.834. The van der Waals surface area contributed by atoms with Crippen molar-refractivity contribution in [3.63, 3.8) is 0 Å². The van der Waals surface area contributed by atoms with Crippen molar-refractivity contribution in [1.29, 1.82) is 0 Å². The minimum atomic E-state index is -0.180. The molecule has 4 heteroatoms. The standard InChI is InChI=1S/C17H18Br2FN/c1-3-21-17(15-7-5-13(18)10-16(15)19)9-12-4-6-14(20)8-11(12)2/h4-8,10,17,21H,3,9H2,1-2H3. The molecular formula is C17H18Br2FN. The highest BCUT2D eigenvalue weighted by atomic mass is 79.9. The van der Waals surface area contributed by atoms with Crippen LogP contribution < -0.4 is 5.32 Å². The molecule has 1 N–H and O–H groups in total. The van der Waals surface area contributed by atoms with Crippen LogP contribution in [-0.4, -0.2) is 6.54 Å². The van der Waals surface area contributed by atoms with Crippen LogP contribution in [0.3, 0.4) is 0 Å². The maximum absolute atomic E-state index is 13.2. The summed E-state index contributed by atoms with van der Waals surface area (Å²) in [6, 6.07) is 11.4. The van der Waals surface area contributed by atoms with Crippen molar-refractivity contribution >= 4 is 31.9 Å². The van der Waals surface area contributed by atoms with E-state index in [9.17, 15) is 4.39 Å². The van der Waals surface area contributed by atoms with Crippen molar-refractivity contribution in [2.75, 3.05) is 6.54 Å². The first kappa shape index (κ1) is 16.7. The van der Waals surface area contributed by atoms with E-state index in [4.69, 9.17) is 0 Å². The van der Waals surface area contributed by atoms with Crippen molar-refractivity contribution in [2.24, 2.45) is 0 Å². The highest BCUT2D eigenvalue weighted by Gasteiger charge is 2.15. The topological polar surface area (TPSA) is 12.0 Å². The number of hydrogen-bond donors (Lipinski definition) is 1. The summed E-state index contributed by atoms with van der Waals surface area (Å²) in [5.74, 6) is -0.180. The van der Waals surface area contributed by atoms with Crippen LogP contribution in [-0.2, 0) is 6.42 Å². The molecule has 0 amide bonds. The fourth-order valence-electron chi connectivity index (χ4n) is 2.43. The molecule has 0 aliphatic rings. The van der Waals surface area contributed by atoms with Gasteiger partial charge in [0.15, 0.2) is 0 Å². The molecular weight excluding hydrogens is 397 g/mol. The smallest absolute Gasteiger partial charge is 0.123 e. The second-order valence-electron chi connectivity index (χ2n) is 5.05. The van der Waals surface area contributed by atoms with E-state index < -0.39 is 0 Å². The van der Waals surface area contributed by atoms with Gasteiger partial charge in [-0.25, -0.2) is 4.39 Å². The van der Waals surface area contributed by atoms with E-state index >= 15 is 0 Å². The van der Waals surface area contributed by atoms with Gasteiger partial charge in [-0.1, -0.05) is 50.9 Å². The predicted molar refractivity (Wildman–Crippen MR) is 93.1 cm³/mol. The normalized spacial score (nSPS) is 12.4. The first-order chi connectivity index (χ1) is 10.0. The van der Waals surface area contributed by atoms with Crippen molar-refractivity contribution in [2.45, 2.75) is 26.3 Å². The van der Waals surface area contributed by atoms with Crippen LogP contribution in [0.25, 0.3) is 0 Å². The summed E-state index contributed by atoms with van der Waals surface area (Å²) < 4.78 is 15.4. The van der Waals surface area contributed by atoms with Crippen molar-refractivity contribution < 1.29 is 4.39 Å². The number of likely N-dealkylation sites (N-methyl/N-ethyl adjacent to an activating group) is 1. The largest absolute Gasteiger partial charge is 0.310 e. The number of rotatable bonds is 5. The first-order valence-corrected chi connectivity index (χ1v) is 8.53. The lowest BCUT2D eigenvalue weighted by Gasteiger charge is -2.21. The zero-order valence-corrected chi connectivity index (χ0v) is 15.3. The van der Waals surface area contributed by atoms with Gasteiger partial charge in [-0.2, -0.15) is 0 Å². The van der Waals surface area contributed by atoms with Gasteiger partial charge in [-0.05, 0) is 60.8 Å². The van der Waals surface area contributed by atoms with E-state index in [1.165, 1.54) is 11.6 Å². The molecule has 0 radical (unpaired) electrons. The Labute approximate surface area is 142 Å². The molecule has 0 aromatic heterocycles. The lowest BCUT2D eigenvalue weighted by Crippen LogP contribution is -2.23. The van der Waals surface area contributed by atoms with Gasteiger partial charge in [0.1, 0.15) is 5.82 Å². The Kier molecular flexibility index (Phi) is 5.97. The molecule has 0 aliphatic carbocycles.